The van der Waals surface area contributed by atoms with E-state index in [1.165, 1.54) is 11.8 Å². The molecule has 0 fully saturated rings. The number of nitrogen functional groups attached to an aromatic ring is 1. The molecule has 0 aliphatic carbocycles. The highest BCUT2D eigenvalue weighted by Gasteiger charge is 2.33. The van der Waals surface area contributed by atoms with Crippen LogP contribution >= 0.6 is 35.0 Å². The second kappa shape index (κ2) is 9.13. The lowest BCUT2D eigenvalue weighted by atomic mass is 10.0. The quantitative estimate of drug-likeness (QED) is 0.639. The van der Waals surface area contributed by atoms with Crippen LogP contribution in [0.1, 0.15) is 18.2 Å². The fourth-order valence-corrected chi connectivity index (χ4v) is 4.71. The van der Waals surface area contributed by atoms with Crippen LogP contribution in [0.2, 0.25) is 10.0 Å². The van der Waals surface area contributed by atoms with Gasteiger partial charge < -0.3 is 16.2 Å². The van der Waals surface area contributed by atoms with E-state index in [9.17, 15) is 9.90 Å². The van der Waals surface area contributed by atoms with Crippen molar-refractivity contribution in [3.8, 4) is 0 Å². The number of carbonyl (C=O) groups excluding carboxylic acids is 1. The zero-order chi connectivity index (χ0) is 20.3. The number of nitrogens with one attached hydrogen (secondary N) is 1. The van der Waals surface area contributed by atoms with Crippen LogP contribution in [-0.2, 0) is 11.2 Å². The number of anilines is 1. The number of aliphatic hydroxyl groups excluding tert-OH is 1. The summed E-state index contributed by atoms with van der Waals surface area (Å²) in [6.07, 6.45) is 4.00. The van der Waals surface area contributed by atoms with Gasteiger partial charge in [0.05, 0.1) is 23.6 Å². The minimum absolute atomic E-state index is 0.00894. The van der Waals surface area contributed by atoms with E-state index in [-0.39, 0.29) is 29.6 Å². The zero-order valence-corrected chi connectivity index (χ0v) is 17.4. The number of aromatic nitrogens is 2. The number of amides is 1. The van der Waals surface area contributed by atoms with Gasteiger partial charge in [0.25, 0.3) is 0 Å². The largest absolute Gasteiger partial charge is 0.394 e. The van der Waals surface area contributed by atoms with Crippen LogP contribution in [0.3, 0.4) is 0 Å². The summed E-state index contributed by atoms with van der Waals surface area (Å²) in [5.74, 6) is 0.0595. The molecule has 2 unspecified atom stereocenters. The molecule has 148 valence electrons. The first-order chi connectivity index (χ1) is 13.4. The van der Waals surface area contributed by atoms with Crippen molar-refractivity contribution < 1.29 is 9.90 Å². The van der Waals surface area contributed by atoms with Crippen LogP contribution in [0.15, 0.2) is 36.5 Å². The molecule has 0 bridgehead atoms. The Morgan fingerprint density at radius 2 is 2.18 bits per heavy atom. The summed E-state index contributed by atoms with van der Waals surface area (Å²) in [4.78, 5) is 21.8. The van der Waals surface area contributed by atoms with Gasteiger partial charge >= 0.3 is 0 Å². The lowest BCUT2D eigenvalue weighted by Crippen LogP contribution is -2.44. The van der Waals surface area contributed by atoms with E-state index >= 15 is 0 Å². The number of benzene rings is 1. The number of thioether (sulfide) groups is 1. The summed E-state index contributed by atoms with van der Waals surface area (Å²) in [6.45, 7) is 1.78. The Bertz CT molecular complexity index is 909. The molecule has 1 aromatic carbocycles. The molecule has 1 aromatic heterocycles. The molecule has 9 heteroatoms. The molecule has 2 heterocycles. The number of allylic oxidation sites excluding steroid dienone is 1. The van der Waals surface area contributed by atoms with Crippen molar-refractivity contribution >= 4 is 51.7 Å². The summed E-state index contributed by atoms with van der Waals surface area (Å²) in [5, 5.41) is 13.4. The minimum atomic E-state index is -0.447. The van der Waals surface area contributed by atoms with Crippen LogP contribution in [-0.4, -0.2) is 38.9 Å². The summed E-state index contributed by atoms with van der Waals surface area (Å²) < 4.78 is 0. The van der Waals surface area contributed by atoms with Crippen LogP contribution in [0, 0.1) is 5.92 Å². The molecule has 0 spiro atoms. The van der Waals surface area contributed by atoms with Crippen LogP contribution < -0.4 is 11.1 Å². The maximum atomic E-state index is 12.8. The molecule has 1 aliphatic rings. The summed E-state index contributed by atoms with van der Waals surface area (Å²) in [5.41, 5.74) is 7.16. The summed E-state index contributed by atoms with van der Waals surface area (Å²) in [7, 11) is 0. The lowest BCUT2D eigenvalue weighted by Gasteiger charge is -2.21. The van der Waals surface area contributed by atoms with Crippen molar-refractivity contribution in [1.82, 2.24) is 15.3 Å². The second-order valence-corrected chi connectivity index (χ2v) is 8.58. The molecule has 6 nitrogen and oxygen atoms in total. The predicted octanol–water partition coefficient (Wildman–Crippen LogP) is 3.18. The van der Waals surface area contributed by atoms with Gasteiger partial charge in [-0.15, -0.1) is 11.8 Å². The number of carbonyl (C=O) groups is 1. The van der Waals surface area contributed by atoms with Gasteiger partial charge in [-0.3, -0.25) is 4.79 Å². The standard InChI is InChI=1S/C19H20Cl2N4O2S/c1-10-6-16(15-4-5-23-19(22)25-15)28-17(10)18(27)24-13(9-26)7-11-2-3-12(20)8-14(11)21/h2-6,8,10,13,17,26H,7,9H2,1H3,(H,24,27)(H2,22,23,25)/t10?,13-,17?/m0/s1. The zero-order valence-electron chi connectivity index (χ0n) is 15.1. The topological polar surface area (TPSA) is 101 Å². The third kappa shape index (κ3) is 4.97. The van der Waals surface area contributed by atoms with Crippen LogP contribution in [0.5, 0.6) is 0 Å². The number of nitrogens with two attached hydrogens (primary N) is 1. The number of rotatable bonds is 6. The molecule has 2 aromatic rings. The highest BCUT2D eigenvalue weighted by atomic mass is 35.5. The number of hydrogen-bond donors (Lipinski definition) is 3. The first kappa shape index (κ1) is 20.9. The third-order valence-electron chi connectivity index (χ3n) is 4.38. The molecule has 3 atom stereocenters. The monoisotopic (exact) mass is 438 g/mol. The smallest absolute Gasteiger partial charge is 0.234 e. The van der Waals surface area contributed by atoms with Gasteiger partial charge in [-0.2, -0.15) is 0 Å². The second-order valence-electron chi connectivity index (χ2n) is 6.56. The fraction of sp³-hybridized carbons (Fsp3) is 0.316. The maximum Gasteiger partial charge on any atom is 0.234 e. The van der Waals surface area contributed by atoms with Crippen molar-refractivity contribution in [2.75, 3.05) is 12.3 Å². The van der Waals surface area contributed by atoms with Crippen molar-refractivity contribution in [3.63, 3.8) is 0 Å². The molecule has 0 saturated carbocycles. The van der Waals surface area contributed by atoms with E-state index in [4.69, 9.17) is 28.9 Å². The molecule has 3 rings (SSSR count). The Kier molecular flexibility index (Phi) is 6.82. The van der Waals surface area contributed by atoms with Crippen molar-refractivity contribution in [3.05, 3.63) is 57.8 Å². The van der Waals surface area contributed by atoms with E-state index in [0.29, 0.717) is 22.2 Å². The van der Waals surface area contributed by atoms with E-state index in [2.05, 4.69) is 15.3 Å². The van der Waals surface area contributed by atoms with Crippen molar-refractivity contribution in [2.45, 2.75) is 24.6 Å². The maximum absolute atomic E-state index is 12.8. The molecule has 28 heavy (non-hydrogen) atoms. The van der Waals surface area contributed by atoms with Crippen molar-refractivity contribution in [1.29, 1.82) is 0 Å². The average Bonchev–Trinajstić information content (AvgIpc) is 3.05. The van der Waals surface area contributed by atoms with Gasteiger partial charge in [-0.1, -0.05) is 42.3 Å². The molecule has 1 aliphatic heterocycles. The third-order valence-corrected chi connectivity index (χ3v) is 6.46. The highest BCUT2D eigenvalue weighted by molar-refractivity contribution is 8.09. The molecular formula is C19H20Cl2N4O2S. The fourth-order valence-electron chi connectivity index (χ4n) is 2.96. The minimum Gasteiger partial charge on any atom is -0.394 e. The highest BCUT2D eigenvalue weighted by Crippen LogP contribution is 2.41. The Morgan fingerprint density at radius 1 is 1.39 bits per heavy atom. The Morgan fingerprint density at radius 3 is 2.86 bits per heavy atom. The van der Waals surface area contributed by atoms with E-state index in [1.54, 1.807) is 30.5 Å². The first-order valence-corrected chi connectivity index (χ1v) is 10.3. The predicted molar refractivity (Wildman–Crippen MR) is 114 cm³/mol. The Balaban J connectivity index is 1.65. The van der Waals surface area contributed by atoms with E-state index in [0.717, 1.165) is 10.5 Å². The van der Waals surface area contributed by atoms with Gasteiger partial charge in [-0.25, -0.2) is 9.97 Å². The summed E-state index contributed by atoms with van der Waals surface area (Å²) in [6, 6.07) is 6.50. The van der Waals surface area contributed by atoms with Crippen LogP contribution in [0.4, 0.5) is 5.95 Å². The van der Waals surface area contributed by atoms with E-state index in [1.807, 2.05) is 13.0 Å². The molecule has 0 saturated heterocycles. The number of nitrogens with zero attached hydrogens (tertiary/aromatic N) is 2. The SMILES string of the molecule is CC1C=C(c2ccnc(N)n2)SC1C(=O)N[C@H](CO)Cc1ccc(Cl)cc1Cl. The lowest BCUT2D eigenvalue weighted by molar-refractivity contribution is -0.122. The summed E-state index contributed by atoms with van der Waals surface area (Å²) >= 11 is 13.6. The van der Waals surface area contributed by atoms with Gasteiger partial charge in [0.1, 0.15) is 0 Å². The van der Waals surface area contributed by atoms with E-state index < -0.39 is 6.04 Å². The molecule has 0 radical (unpaired) electrons. The normalized spacial score (nSPS) is 19.9. The van der Waals surface area contributed by atoms with Gasteiger partial charge in [0.15, 0.2) is 0 Å². The van der Waals surface area contributed by atoms with Crippen molar-refractivity contribution in [2.24, 2.45) is 5.92 Å². The first-order valence-electron chi connectivity index (χ1n) is 8.70. The molecular weight excluding hydrogens is 419 g/mol. The Hall–Kier alpha value is -1.80. The van der Waals surface area contributed by atoms with Gasteiger partial charge in [0, 0.05) is 21.1 Å². The number of aliphatic hydroxyl groups is 1. The Labute approximate surface area is 177 Å². The van der Waals surface area contributed by atoms with Crippen LogP contribution in [0.25, 0.3) is 4.91 Å². The number of halogens is 2. The van der Waals surface area contributed by atoms with Gasteiger partial charge in [-0.05, 0) is 36.1 Å². The molecule has 1 amide bonds. The molecule has 4 N–H and O–H groups in total. The number of hydrogen-bond acceptors (Lipinski definition) is 6. The van der Waals surface area contributed by atoms with Gasteiger partial charge in [0.2, 0.25) is 11.9 Å². The average molecular weight is 439 g/mol.